The van der Waals surface area contributed by atoms with Gasteiger partial charge >= 0.3 is 5.97 Å². The van der Waals surface area contributed by atoms with Gasteiger partial charge in [0.15, 0.2) is 0 Å². The van der Waals surface area contributed by atoms with E-state index in [-0.39, 0.29) is 10.0 Å². The number of esters is 1. The van der Waals surface area contributed by atoms with Crippen molar-refractivity contribution in [2.45, 2.75) is 6.04 Å². The number of carbonyl (C=O) groups excluding carboxylic acids is 1. The van der Waals surface area contributed by atoms with Crippen LogP contribution in [-0.4, -0.2) is 18.2 Å². The smallest absolute Gasteiger partial charge is 0.327 e. The molecule has 82 valence electrons. The van der Waals surface area contributed by atoms with Crippen LogP contribution in [-0.2, 0) is 9.53 Å². The van der Waals surface area contributed by atoms with Gasteiger partial charge in [-0.1, -0.05) is 6.07 Å². The number of rotatable bonds is 2. The van der Waals surface area contributed by atoms with Gasteiger partial charge in [0.2, 0.25) is 0 Å². The summed E-state index contributed by atoms with van der Waals surface area (Å²) in [6.07, 6.45) is 0. The van der Waals surface area contributed by atoms with Crippen molar-refractivity contribution in [3.63, 3.8) is 0 Å². The lowest BCUT2D eigenvalue weighted by Gasteiger charge is -2.12. The van der Waals surface area contributed by atoms with Crippen LogP contribution in [0.5, 0.6) is 5.75 Å². The average Bonchev–Trinajstić information content (AvgIpc) is 2.24. The van der Waals surface area contributed by atoms with E-state index in [1.807, 2.05) is 0 Å². The molecule has 1 aromatic rings. The summed E-state index contributed by atoms with van der Waals surface area (Å²) in [6, 6.07) is 1.20. The Hall–Kier alpha value is -1.14. The van der Waals surface area contributed by atoms with Crippen LogP contribution >= 0.6 is 15.9 Å². The lowest BCUT2D eigenvalue weighted by molar-refractivity contribution is -0.142. The summed E-state index contributed by atoms with van der Waals surface area (Å²) in [5.74, 6) is -1.73. The molecule has 6 heteroatoms. The molecule has 0 aromatic heterocycles. The van der Waals surface area contributed by atoms with Crippen molar-refractivity contribution in [2.24, 2.45) is 5.73 Å². The maximum Gasteiger partial charge on any atom is 0.327 e. The zero-order chi connectivity index (χ0) is 11.6. The fraction of sp³-hybridized carbons (Fsp3) is 0.222. The standard InChI is InChI=1S/C9H9BrFNO3/c1-15-9(14)7(12)4-2-3-5(11)6(10)8(4)13/h2-3,7,13H,12H2,1H3/t7-/m1/s1. The first-order chi connectivity index (χ1) is 6.99. The van der Waals surface area contributed by atoms with E-state index in [0.717, 1.165) is 6.07 Å². The molecule has 15 heavy (non-hydrogen) atoms. The van der Waals surface area contributed by atoms with Crippen molar-refractivity contribution in [1.29, 1.82) is 0 Å². The number of ether oxygens (including phenoxy) is 1. The minimum Gasteiger partial charge on any atom is -0.506 e. The molecule has 0 aliphatic heterocycles. The summed E-state index contributed by atoms with van der Waals surface area (Å²) in [4.78, 5) is 11.1. The summed E-state index contributed by atoms with van der Waals surface area (Å²) < 4.78 is 17.2. The molecule has 0 unspecified atom stereocenters. The van der Waals surface area contributed by atoms with E-state index in [1.165, 1.54) is 13.2 Å². The Labute approximate surface area is 94.0 Å². The lowest BCUT2D eigenvalue weighted by atomic mass is 10.1. The minimum absolute atomic E-state index is 0.107. The normalized spacial score (nSPS) is 12.3. The molecule has 0 aliphatic carbocycles. The second-order valence-corrected chi connectivity index (χ2v) is 3.59. The van der Waals surface area contributed by atoms with Gasteiger partial charge in [0.1, 0.15) is 17.6 Å². The minimum atomic E-state index is -1.13. The van der Waals surface area contributed by atoms with Crippen molar-refractivity contribution in [2.75, 3.05) is 7.11 Å². The summed E-state index contributed by atoms with van der Waals surface area (Å²) in [7, 11) is 1.18. The van der Waals surface area contributed by atoms with Crippen LogP contribution in [0.15, 0.2) is 16.6 Å². The lowest BCUT2D eigenvalue weighted by Crippen LogP contribution is -2.22. The number of phenolic OH excluding ortho intramolecular Hbond substituents is 1. The predicted molar refractivity (Wildman–Crippen MR) is 54.7 cm³/mol. The average molecular weight is 278 g/mol. The Morgan fingerprint density at radius 3 is 2.80 bits per heavy atom. The van der Waals surface area contributed by atoms with E-state index in [1.54, 1.807) is 0 Å². The van der Waals surface area contributed by atoms with Gasteiger partial charge < -0.3 is 15.6 Å². The van der Waals surface area contributed by atoms with E-state index in [0.29, 0.717) is 0 Å². The maximum atomic E-state index is 12.9. The highest BCUT2D eigenvalue weighted by Crippen LogP contribution is 2.33. The summed E-state index contributed by atoms with van der Waals surface area (Å²) >= 11 is 2.84. The number of carbonyl (C=O) groups is 1. The Morgan fingerprint density at radius 2 is 2.27 bits per heavy atom. The second kappa shape index (κ2) is 4.59. The predicted octanol–water partition coefficient (Wildman–Crippen LogP) is 1.47. The molecule has 0 fully saturated rings. The summed E-state index contributed by atoms with van der Waals surface area (Å²) in [5, 5.41) is 9.52. The Kier molecular flexibility index (Phi) is 3.65. The van der Waals surface area contributed by atoms with Crippen LogP contribution in [0.1, 0.15) is 11.6 Å². The molecule has 0 saturated carbocycles. The molecule has 3 N–H and O–H groups in total. The second-order valence-electron chi connectivity index (χ2n) is 2.80. The van der Waals surface area contributed by atoms with Crippen molar-refractivity contribution >= 4 is 21.9 Å². The van der Waals surface area contributed by atoms with Gasteiger partial charge in [0, 0.05) is 5.56 Å². The molecular weight excluding hydrogens is 269 g/mol. The third-order valence-electron chi connectivity index (χ3n) is 1.89. The third-order valence-corrected chi connectivity index (χ3v) is 2.64. The van der Waals surface area contributed by atoms with Gasteiger partial charge in [-0.25, -0.2) is 4.39 Å². The van der Waals surface area contributed by atoms with Gasteiger partial charge in [0.05, 0.1) is 11.6 Å². The molecule has 0 spiro atoms. The highest BCUT2D eigenvalue weighted by molar-refractivity contribution is 9.10. The van der Waals surface area contributed by atoms with Crippen LogP contribution in [0.3, 0.4) is 0 Å². The van der Waals surface area contributed by atoms with Crippen LogP contribution < -0.4 is 5.73 Å². The van der Waals surface area contributed by atoms with Crippen molar-refractivity contribution in [3.05, 3.63) is 28.0 Å². The van der Waals surface area contributed by atoms with E-state index < -0.39 is 23.6 Å². The van der Waals surface area contributed by atoms with Crippen LogP contribution in [0, 0.1) is 5.82 Å². The van der Waals surface area contributed by atoms with E-state index in [4.69, 9.17) is 5.73 Å². The maximum absolute atomic E-state index is 12.9. The molecule has 0 heterocycles. The number of phenols is 1. The molecule has 4 nitrogen and oxygen atoms in total. The van der Waals surface area contributed by atoms with Gasteiger partial charge in [-0.3, -0.25) is 4.79 Å². The molecule has 0 aliphatic rings. The van der Waals surface area contributed by atoms with Crippen LogP contribution in [0.25, 0.3) is 0 Å². The first-order valence-corrected chi connectivity index (χ1v) is 4.78. The van der Waals surface area contributed by atoms with Gasteiger partial charge in [-0.2, -0.15) is 0 Å². The summed E-state index contributed by atoms with van der Waals surface area (Å²) in [5.41, 5.74) is 5.60. The number of nitrogens with two attached hydrogens (primary N) is 1. The highest BCUT2D eigenvalue weighted by atomic mass is 79.9. The number of hydrogen-bond acceptors (Lipinski definition) is 4. The monoisotopic (exact) mass is 277 g/mol. The summed E-state index contributed by atoms with van der Waals surface area (Å²) in [6.45, 7) is 0. The third kappa shape index (κ3) is 2.27. The molecule has 0 radical (unpaired) electrons. The molecule has 1 atom stereocenters. The SMILES string of the molecule is COC(=O)[C@H](N)c1ccc(F)c(Br)c1O. The molecule has 1 aromatic carbocycles. The number of hydrogen-bond donors (Lipinski definition) is 2. The zero-order valence-corrected chi connectivity index (χ0v) is 9.42. The van der Waals surface area contributed by atoms with Crippen molar-refractivity contribution in [3.8, 4) is 5.75 Å². The Balaban J connectivity index is 3.16. The number of halogens is 2. The van der Waals surface area contributed by atoms with Crippen molar-refractivity contribution < 1.29 is 19.0 Å². The van der Waals surface area contributed by atoms with E-state index >= 15 is 0 Å². The topological polar surface area (TPSA) is 72.5 Å². The molecule has 0 bridgehead atoms. The molecular formula is C9H9BrFNO3. The first kappa shape index (κ1) is 11.9. The highest BCUT2D eigenvalue weighted by Gasteiger charge is 2.22. The molecule has 0 amide bonds. The van der Waals surface area contributed by atoms with Gasteiger partial charge in [-0.15, -0.1) is 0 Å². The van der Waals surface area contributed by atoms with Gasteiger partial charge in [0.25, 0.3) is 0 Å². The van der Waals surface area contributed by atoms with Crippen LogP contribution in [0.4, 0.5) is 4.39 Å². The van der Waals surface area contributed by atoms with E-state index in [9.17, 15) is 14.3 Å². The fourth-order valence-electron chi connectivity index (χ4n) is 1.06. The molecule has 0 saturated heterocycles. The quantitative estimate of drug-likeness (QED) is 0.803. The zero-order valence-electron chi connectivity index (χ0n) is 7.83. The Morgan fingerprint density at radius 1 is 1.67 bits per heavy atom. The Bertz CT molecular complexity index is 397. The number of aromatic hydroxyl groups is 1. The van der Waals surface area contributed by atoms with Gasteiger partial charge in [-0.05, 0) is 22.0 Å². The molecule has 1 rings (SSSR count). The van der Waals surface area contributed by atoms with Crippen molar-refractivity contribution in [1.82, 2.24) is 0 Å². The van der Waals surface area contributed by atoms with Crippen LogP contribution in [0.2, 0.25) is 0 Å². The largest absolute Gasteiger partial charge is 0.506 e. The first-order valence-electron chi connectivity index (χ1n) is 3.99. The van der Waals surface area contributed by atoms with E-state index in [2.05, 4.69) is 20.7 Å². The number of benzene rings is 1. The number of methoxy groups -OCH3 is 1. The fourth-order valence-corrected chi connectivity index (χ4v) is 1.42.